The second-order valence-electron chi connectivity index (χ2n) is 7.55. The van der Waals surface area contributed by atoms with Gasteiger partial charge in [0.25, 0.3) is 0 Å². The molecule has 0 saturated heterocycles. The van der Waals surface area contributed by atoms with Gasteiger partial charge in [-0.15, -0.1) is 23.5 Å². The van der Waals surface area contributed by atoms with Gasteiger partial charge >= 0.3 is 5.97 Å². The predicted molar refractivity (Wildman–Crippen MR) is 133 cm³/mol. The van der Waals surface area contributed by atoms with Crippen LogP contribution in [0.2, 0.25) is 0 Å². The largest absolute Gasteiger partial charge is 0.420 e. The van der Waals surface area contributed by atoms with Crippen LogP contribution in [0.3, 0.4) is 0 Å². The van der Waals surface area contributed by atoms with Crippen LogP contribution in [0.4, 0.5) is 17.6 Å². The molecule has 0 heterocycles. The van der Waals surface area contributed by atoms with Crippen LogP contribution in [0.25, 0.3) is 0 Å². The summed E-state index contributed by atoms with van der Waals surface area (Å²) in [6, 6.07) is -0.756. The van der Waals surface area contributed by atoms with E-state index >= 15 is 0 Å². The summed E-state index contributed by atoms with van der Waals surface area (Å²) >= 11 is 2.51. The summed E-state index contributed by atoms with van der Waals surface area (Å²) in [5, 5.41) is 5.32. The third-order valence-corrected chi connectivity index (χ3v) is 6.66. The Balaban J connectivity index is 2.74. The van der Waals surface area contributed by atoms with Crippen molar-refractivity contribution in [2.45, 2.75) is 57.5 Å². The molecule has 0 spiro atoms. The minimum atomic E-state index is -1.84. The molecule has 2 amide bonds. The molecule has 37 heavy (non-hydrogen) atoms. The number of carbonyl (C=O) groups is 3. The van der Waals surface area contributed by atoms with Crippen molar-refractivity contribution >= 4 is 41.3 Å². The Morgan fingerprint density at radius 1 is 0.892 bits per heavy atom. The molecule has 1 rings (SSSR count). The van der Waals surface area contributed by atoms with Crippen LogP contribution >= 0.6 is 23.5 Å². The fourth-order valence-electron chi connectivity index (χ4n) is 2.83. The molecule has 0 aromatic heterocycles. The molecule has 0 saturated carbocycles. The number of ether oxygens (including phenoxy) is 3. The van der Waals surface area contributed by atoms with E-state index in [1.807, 2.05) is 13.8 Å². The molecule has 0 fully saturated rings. The average molecular weight is 573 g/mol. The first-order valence-corrected chi connectivity index (χ1v) is 13.6. The third kappa shape index (κ3) is 12.9. The maximum Gasteiger partial charge on any atom is 0.311 e. The zero-order valence-electron chi connectivity index (χ0n) is 21.0. The molecule has 0 unspecified atom stereocenters. The Bertz CT molecular complexity index is 886. The molecule has 0 aliphatic carbocycles. The predicted octanol–water partition coefficient (Wildman–Crippen LogP) is 3.76. The Morgan fingerprint density at radius 2 is 1.41 bits per heavy atom. The Labute approximate surface area is 221 Å². The molecule has 2 N–H and O–H groups in total. The first-order valence-electron chi connectivity index (χ1n) is 11.5. The van der Waals surface area contributed by atoms with Crippen molar-refractivity contribution in [2.75, 3.05) is 31.3 Å². The summed E-state index contributed by atoms with van der Waals surface area (Å²) in [5.74, 6) is -10.4. The van der Waals surface area contributed by atoms with Crippen molar-refractivity contribution in [1.29, 1.82) is 0 Å². The van der Waals surface area contributed by atoms with Crippen molar-refractivity contribution in [1.82, 2.24) is 10.6 Å². The monoisotopic (exact) mass is 572 g/mol. The molecule has 0 aliphatic heterocycles. The van der Waals surface area contributed by atoms with Gasteiger partial charge in [0, 0.05) is 38.3 Å². The highest BCUT2D eigenvalue weighted by Crippen LogP contribution is 2.27. The molecule has 3 atom stereocenters. The van der Waals surface area contributed by atoms with Gasteiger partial charge < -0.3 is 24.8 Å². The highest BCUT2D eigenvalue weighted by atomic mass is 32.2. The quantitative estimate of drug-likeness (QED) is 0.0957. The minimum absolute atomic E-state index is 0.00588. The molecular formula is C23H32F4N2O6S2. The number of benzene rings is 1. The van der Waals surface area contributed by atoms with E-state index in [2.05, 4.69) is 15.4 Å². The number of amides is 2. The highest BCUT2D eigenvalue weighted by molar-refractivity contribution is 8.00. The van der Waals surface area contributed by atoms with E-state index in [4.69, 9.17) is 9.47 Å². The van der Waals surface area contributed by atoms with E-state index < -0.39 is 53.4 Å². The van der Waals surface area contributed by atoms with Crippen molar-refractivity contribution in [3.63, 3.8) is 0 Å². The lowest BCUT2D eigenvalue weighted by Gasteiger charge is -2.20. The van der Waals surface area contributed by atoms with Crippen molar-refractivity contribution in [3.05, 3.63) is 29.3 Å². The third-order valence-electron chi connectivity index (χ3n) is 4.60. The van der Waals surface area contributed by atoms with Crippen LogP contribution in [-0.2, 0) is 23.9 Å². The number of carbonyl (C=O) groups excluding carboxylic acids is 3. The standard InChI is InChI=1S/C23H32F4N2O6S2/c1-5-33-13(3)36-11-18(30)28-10-15(29-19(31)12-37-14(4)34-6-2)7-8-20(32)35-23-21(26)16(24)9-17(25)22(23)27/h9,13-15H,5-8,10-12H2,1-4H3,(H,28,30)(H,29,31)/t13-,14+,15+/m0/s1. The first kappa shape index (κ1) is 33.0. The van der Waals surface area contributed by atoms with Crippen molar-refractivity contribution < 1.29 is 46.2 Å². The molecule has 210 valence electrons. The first-order chi connectivity index (χ1) is 17.5. The maximum atomic E-state index is 13.8. The lowest BCUT2D eigenvalue weighted by atomic mass is 10.1. The van der Waals surface area contributed by atoms with Crippen LogP contribution in [-0.4, -0.2) is 66.0 Å². The molecule has 8 nitrogen and oxygen atoms in total. The Hall–Kier alpha value is -2.03. The summed E-state index contributed by atoms with van der Waals surface area (Å²) in [6.45, 7) is 8.15. The molecule has 0 aliphatic rings. The molecule has 1 aromatic rings. The molecular weight excluding hydrogens is 540 g/mol. The van der Waals surface area contributed by atoms with E-state index in [9.17, 15) is 31.9 Å². The lowest BCUT2D eigenvalue weighted by Crippen LogP contribution is -2.45. The number of hydrogen-bond donors (Lipinski definition) is 2. The highest BCUT2D eigenvalue weighted by Gasteiger charge is 2.24. The molecule has 0 bridgehead atoms. The van der Waals surface area contributed by atoms with E-state index in [0.717, 1.165) is 0 Å². The van der Waals surface area contributed by atoms with Gasteiger partial charge in [0.15, 0.2) is 11.6 Å². The summed E-state index contributed by atoms with van der Waals surface area (Å²) in [6.07, 6.45) is -0.573. The van der Waals surface area contributed by atoms with Gasteiger partial charge in [0.2, 0.25) is 29.2 Å². The van der Waals surface area contributed by atoms with E-state index in [1.54, 1.807) is 13.8 Å². The summed E-state index contributed by atoms with van der Waals surface area (Å²) < 4.78 is 69.5. The van der Waals surface area contributed by atoms with Gasteiger partial charge in [-0.2, -0.15) is 8.78 Å². The van der Waals surface area contributed by atoms with Gasteiger partial charge in [-0.3, -0.25) is 14.4 Å². The van der Waals surface area contributed by atoms with Crippen LogP contribution < -0.4 is 15.4 Å². The Morgan fingerprint density at radius 3 is 1.92 bits per heavy atom. The number of rotatable bonds is 17. The van der Waals surface area contributed by atoms with Gasteiger partial charge in [0.05, 0.1) is 11.5 Å². The summed E-state index contributed by atoms with van der Waals surface area (Å²) in [4.78, 5) is 36.7. The molecule has 1 aromatic carbocycles. The molecule has 14 heteroatoms. The normalized spacial score (nSPS) is 13.5. The summed E-state index contributed by atoms with van der Waals surface area (Å²) in [5.41, 5.74) is -0.427. The second kappa shape index (κ2) is 17.5. The van der Waals surface area contributed by atoms with Crippen LogP contribution in [0.15, 0.2) is 6.07 Å². The number of halogens is 4. The number of thioether (sulfide) groups is 2. The number of esters is 1. The smallest absolute Gasteiger partial charge is 0.311 e. The van der Waals surface area contributed by atoms with E-state index in [0.29, 0.717) is 13.2 Å². The van der Waals surface area contributed by atoms with Gasteiger partial charge in [0.1, 0.15) is 10.9 Å². The fraction of sp³-hybridized carbons (Fsp3) is 0.609. The topological polar surface area (TPSA) is 103 Å². The van der Waals surface area contributed by atoms with Crippen LogP contribution in [0, 0.1) is 23.3 Å². The molecule has 0 radical (unpaired) electrons. The van der Waals surface area contributed by atoms with Crippen LogP contribution in [0.1, 0.15) is 40.5 Å². The number of nitrogens with one attached hydrogen (secondary N) is 2. The zero-order chi connectivity index (χ0) is 28.0. The van der Waals surface area contributed by atoms with Crippen molar-refractivity contribution in [3.8, 4) is 5.75 Å². The Kier molecular flexibility index (Phi) is 15.6. The zero-order valence-corrected chi connectivity index (χ0v) is 22.7. The van der Waals surface area contributed by atoms with Gasteiger partial charge in [-0.05, 0) is 34.1 Å². The maximum absolute atomic E-state index is 13.8. The van der Waals surface area contributed by atoms with Crippen molar-refractivity contribution in [2.24, 2.45) is 0 Å². The average Bonchev–Trinajstić information content (AvgIpc) is 2.84. The van der Waals surface area contributed by atoms with Gasteiger partial charge in [-0.25, -0.2) is 8.78 Å². The lowest BCUT2D eigenvalue weighted by molar-refractivity contribution is -0.135. The van der Waals surface area contributed by atoms with Gasteiger partial charge in [-0.1, -0.05) is 0 Å². The summed E-state index contributed by atoms with van der Waals surface area (Å²) in [7, 11) is 0. The van der Waals surface area contributed by atoms with E-state index in [-0.39, 0.29) is 47.3 Å². The number of hydrogen-bond acceptors (Lipinski definition) is 8. The van der Waals surface area contributed by atoms with E-state index in [1.165, 1.54) is 23.5 Å². The minimum Gasteiger partial charge on any atom is -0.420 e. The fourth-order valence-corrected chi connectivity index (χ4v) is 4.25. The second-order valence-corrected chi connectivity index (χ2v) is 10.1. The SMILES string of the molecule is CCO[C@@H](C)SCC(=O)N[C@H](CCC(=O)Oc1c(F)c(F)cc(F)c1F)CNC(=O)CS[C@@H](C)OCC. The van der Waals surface area contributed by atoms with Crippen LogP contribution in [0.5, 0.6) is 5.75 Å².